The lowest BCUT2D eigenvalue weighted by Gasteiger charge is -2.25. The third kappa shape index (κ3) is 4.04. The molecule has 0 bridgehead atoms. The number of nitrogens with zero attached hydrogens (tertiary/aromatic N) is 3. The van der Waals surface area contributed by atoms with Gasteiger partial charge in [-0.25, -0.2) is 0 Å². The first-order valence-corrected chi connectivity index (χ1v) is 9.82. The van der Waals surface area contributed by atoms with E-state index in [2.05, 4.69) is 4.98 Å². The Morgan fingerprint density at radius 1 is 1.21 bits per heavy atom. The lowest BCUT2D eigenvalue weighted by atomic mass is 10.1. The highest BCUT2D eigenvalue weighted by molar-refractivity contribution is 6.00. The van der Waals surface area contributed by atoms with Gasteiger partial charge in [0.15, 0.2) is 11.5 Å². The van der Waals surface area contributed by atoms with Crippen molar-refractivity contribution >= 4 is 17.5 Å². The lowest BCUT2D eigenvalue weighted by molar-refractivity contribution is -0.137. The summed E-state index contributed by atoms with van der Waals surface area (Å²) >= 11 is 0. The fraction of sp³-hybridized carbons (Fsp3) is 0.409. The van der Waals surface area contributed by atoms with Crippen LogP contribution in [0.15, 0.2) is 42.7 Å². The molecule has 4 rings (SSSR count). The van der Waals surface area contributed by atoms with Crippen LogP contribution in [-0.4, -0.2) is 48.5 Å². The first kappa shape index (κ1) is 19.2. The van der Waals surface area contributed by atoms with E-state index in [0.29, 0.717) is 30.3 Å². The van der Waals surface area contributed by atoms with Crippen molar-refractivity contribution in [1.29, 1.82) is 0 Å². The molecule has 1 aromatic carbocycles. The van der Waals surface area contributed by atoms with Crippen molar-refractivity contribution in [2.24, 2.45) is 5.92 Å². The van der Waals surface area contributed by atoms with Gasteiger partial charge in [0.2, 0.25) is 11.8 Å². The van der Waals surface area contributed by atoms with Gasteiger partial charge in [-0.15, -0.1) is 0 Å². The van der Waals surface area contributed by atoms with Crippen LogP contribution in [0.1, 0.15) is 24.8 Å². The van der Waals surface area contributed by atoms with E-state index in [4.69, 9.17) is 9.47 Å². The van der Waals surface area contributed by atoms with E-state index in [0.717, 1.165) is 18.4 Å². The van der Waals surface area contributed by atoms with E-state index >= 15 is 0 Å². The van der Waals surface area contributed by atoms with Crippen LogP contribution in [0.5, 0.6) is 11.5 Å². The fourth-order valence-electron chi connectivity index (χ4n) is 3.81. The summed E-state index contributed by atoms with van der Waals surface area (Å²) in [5, 5.41) is 0. The molecule has 2 amide bonds. The predicted octanol–water partition coefficient (Wildman–Crippen LogP) is 2.64. The maximum atomic E-state index is 13.3. The topological polar surface area (TPSA) is 72.0 Å². The van der Waals surface area contributed by atoms with Gasteiger partial charge in [0.1, 0.15) is 0 Å². The van der Waals surface area contributed by atoms with Crippen LogP contribution in [0.25, 0.3) is 0 Å². The van der Waals surface area contributed by atoms with E-state index in [1.165, 1.54) is 0 Å². The second-order valence-electron chi connectivity index (χ2n) is 7.50. The van der Waals surface area contributed by atoms with Gasteiger partial charge in [-0.2, -0.15) is 0 Å². The third-order valence-electron chi connectivity index (χ3n) is 5.50. The Labute approximate surface area is 170 Å². The van der Waals surface area contributed by atoms with Gasteiger partial charge in [-0.05, 0) is 36.6 Å². The molecule has 0 radical (unpaired) electrons. The maximum absolute atomic E-state index is 13.3. The predicted molar refractivity (Wildman–Crippen MR) is 108 cm³/mol. The number of carbonyl (C=O) groups is 2. The molecular formula is C22H25N3O4. The number of carbonyl (C=O) groups excluding carboxylic acids is 2. The summed E-state index contributed by atoms with van der Waals surface area (Å²) in [6.07, 6.45) is 5.78. The molecule has 0 N–H and O–H groups in total. The number of aromatic nitrogens is 1. The van der Waals surface area contributed by atoms with Crippen LogP contribution in [0.4, 0.5) is 5.69 Å². The summed E-state index contributed by atoms with van der Waals surface area (Å²) in [6, 6.07) is 9.50. The molecule has 0 spiro atoms. The largest absolute Gasteiger partial charge is 0.493 e. The van der Waals surface area contributed by atoms with Gasteiger partial charge in [-0.1, -0.05) is 6.07 Å². The molecule has 1 aliphatic heterocycles. The SMILES string of the molecule is COc1ccc(N2C[C@@H](C(=O)N(Cc3cccnc3)C3CC3)CC2=O)cc1OC. The van der Waals surface area contributed by atoms with Crippen molar-refractivity contribution < 1.29 is 19.1 Å². The molecule has 1 saturated carbocycles. The Hall–Kier alpha value is -3.09. The molecular weight excluding hydrogens is 370 g/mol. The number of anilines is 1. The van der Waals surface area contributed by atoms with Crippen LogP contribution in [0.2, 0.25) is 0 Å². The monoisotopic (exact) mass is 395 g/mol. The van der Waals surface area contributed by atoms with E-state index in [9.17, 15) is 9.59 Å². The van der Waals surface area contributed by atoms with Gasteiger partial charge in [-0.3, -0.25) is 14.6 Å². The molecule has 2 aliphatic rings. The van der Waals surface area contributed by atoms with Crippen LogP contribution < -0.4 is 14.4 Å². The van der Waals surface area contributed by atoms with E-state index in [-0.39, 0.29) is 30.2 Å². The van der Waals surface area contributed by atoms with Crippen molar-refractivity contribution in [3.05, 3.63) is 48.3 Å². The lowest BCUT2D eigenvalue weighted by Crippen LogP contribution is -2.38. The van der Waals surface area contributed by atoms with Crippen molar-refractivity contribution in [3.63, 3.8) is 0 Å². The summed E-state index contributed by atoms with van der Waals surface area (Å²) < 4.78 is 10.6. The molecule has 29 heavy (non-hydrogen) atoms. The number of hydrogen-bond donors (Lipinski definition) is 0. The van der Waals surface area contributed by atoms with Gasteiger partial charge in [0.25, 0.3) is 0 Å². The Morgan fingerprint density at radius 3 is 2.66 bits per heavy atom. The summed E-state index contributed by atoms with van der Waals surface area (Å²) in [4.78, 5) is 33.7. The number of methoxy groups -OCH3 is 2. The molecule has 1 atom stereocenters. The standard InChI is InChI=1S/C22H25N3O4/c1-28-19-8-7-18(11-20(19)29-2)24-14-16(10-21(24)26)22(27)25(17-5-6-17)13-15-4-3-9-23-12-15/h3-4,7-9,11-12,16-17H,5-6,10,13-14H2,1-2H3/t16-/m0/s1. The molecule has 7 nitrogen and oxygen atoms in total. The third-order valence-corrected chi connectivity index (χ3v) is 5.50. The first-order chi connectivity index (χ1) is 14.1. The molecule has 0 unspecified atom stereocenters. The van der Waals surface area contributed by atoms with Gasteiger partial charge in [0.05, 0.1) is 20.1 Å². The number of ether oxygens (including phenoxy) is 2. The normalized spacial score (nSPS) is 18.6. The highest BCUT2D eigenvalue weighted by Gasteiger charge is 2.41. The molecule has 7 heteroatoms. The summed E-state index contributed by atoms with van der Waals surface area (Å²) in [5.74, 6) is 0.823. The first-order valence-electron chi connectivity index (χ1n) is 9.82. The molecule has 2 fully saturated rings. The van der Waals surface area contributed by atoms with Crippen LogP contribution >= 0.6 is 0 Å². The Bertz CT molecular complexity index is 898. The second kappa shape index (κ2) is 8.11. The number of benzene rings is 1. The van der Waals surface area contributed by atoms with Crippen LogP contribution in [0, 0.1) is 5.92 Å². The van der Waals surface area contributed by atoms with Crippen molar-refractivity contribution in [2.45, 2.75) is 31.8 Å². The summed E-state index contributed by atoms with van der Waals surface area (Å²) in [5.41, 5.74) is 1.72. The van der Waals surface area contributed by atoms with Crippen molar-refractivity contribution in [1.82, 2.24) is 9.88 Å². The van der Waals surface area contributed by atoms with Crippen LogP contribution in [0.3, 0.4) is 0 Å². The zero-order chi connectivity index (χ0) is 20.4. The fourth-order valence-corrected chi connectivity index (χ4v) is 3.81. The molecule has 1 aromatic heterocycles. The molecule has 1 aliphatic carbocycles. The number of rotatable bonds is 7. The van der Waals surface area contributed by atoms with Gasteiger partial charge < -0.3 is 19.3 Å². The average Bonchev–Trinajstić information content (AvgIpc) is 3.53. The number of pyridine rings is 1. The zero-order valence-corrected chi connectivity index (χ0v) is 16.7. The highest BCUT2D eigenvalue weighted by Crippen LogP contribution is 2.36. The summed E-state index contributed by atoms with van der Waals surface area (Å²) in [7, 11) is 3.13. The molecule has 2 aromatic rings. The number of hydrogen-bond acceptors (Lipinski definition) is 5. The zero-order valence-electron chi connectivity index (χ0n) is 16.7. The van der Waals surface area contributed by atoms with Crippen LogP contribution in [-0.2, 0) is 16.1 Å². The minimum Gasteiger partial charge on any atom is -0.493 e. The van der Waals surface area contributed by atoms with E-state index in [1.54, 1.807) is 43.6 Å². The van der Waals surface area contributed by atoms with E-state index in [1.807, 2.05) is 23.1 Å². The maximum Gasteiger partial charge on any atom is 0.228 e. The molecule has 2 heterocycles. The average molecular weight is 395 g/mol. The minimum absolute atomic E-state index is 0.0484. The second-order valence-corrected chi connectivity index (χ2v) is 7.50. The van der Waals surface area contributed by atoms with Gasteiger partial charge >= 0.3 is 0 Å². The minimum atomic E-state index is -0.340. The highest BCUT2D eigenvalue weighted by atomic mass is 16.5. The van der Waals surface area contributed by atoms with Gasteiger partial charge in [0, 0.05) is 49.7 Å². The van der Waals surface area contributed by atoms with Crippen molar-refractivity contribution in [3.8, 4) is 11.5 Å². The Kier molecular flexibility index (Phi) is 5.38. The number of amides is 2. The Balaban J connectivity index is 1.50. The summed E-state index contributed by atoms with van der Waals surface area (Å²) in [6.45, 7) is 0.918. The van der Waals surface area contributed by atoms with E-state index < -0.39 is 0 Å². The molecule has 152 valence electrons. The smallest absolute Gasteiger partial charge is 0.228 e. The van der Waals surface area contributed by atoms with Crippen molar-refractivity contribution in [2.75, 3.05) is 25.7 Å². The molecule has 1 saturated heterocycles. The quantitative estimate of drug-likeness (QED) is 0.721. The Morgan fingerprint density at radius 2 is 2.00 bits per heavy atom.